The van der Waals surface area contributed by atoms with E-state index in [1.807, 2.05) is 31.2 Å². The minimum Gasteiger partial charge on any atom is -0.494 e. The average molecular weight is 259 g/mol. The minimum atomic E-state index is 0. The van der Waals surface area contributed by atoms with Gasteiger partial charge in [-0.3, -0.25) is 0 Å². The number of hydrogen-bond donors (Lipinski definition) is 2. The molecule has 0 spiro atoms. The molecule has 0 heterocycles. The molecule has 0 aromatic heterocycles. The first-order valence-corrected chi connectivity index (χ1v) is 5.97. The fourth-order valence-corrected chi connectivity index (χ4v) is 1.74. The number of rotatable bonds is 7. The third-order valence-corrected chi connectivity index (χ3v) is 2.59. The molecule has 1 rings (SSSR count). The van der Waals surface area contributed by atoms with Gasteiger partial charge in [-0.05, 0) is 32.4 Å². The predicted molar refractivity (Wildman–Crippen MR) is 74.7 cm³/mol. The van der Waals surface area contributed by atoms with E-state index in [-0.39, 0.29) is 18.4 Å². The Morgan fingerprint density at radius 2 is 1.94 bits per heavy atom. The summed E-state index contributed by atoms with van der Waals surface area (Å²) in [4.78, 5) is 0. The molecule has 0 fully saturated rings. The number of benzene rings is 1. The number of unbranched alkanes of at least 4 members (excludes halogenated alkanes) is 1. The van der Waals surface area contributed by atoms with Crippen molar-refractivity contribution in [2.45, 2.75) is 32.2 Å². The molecule has 1 aromatic rings. The number of ether oxygens (including phenoxy) is 1. The van der Waals surface area contributed by atoms with E-state index in [0.717, 1.165) is 37.1 Å². The van der Waals surface area contributed by atoms with Crippen molar-refractivity contribution in [3.63, 3.8) is 0 Å². The second kappa shape index (κ2) is 9.28. The van der Waals surface area contributed by atoms with Gasteiger partial charge in [0.15, 0.2) is 0 Å². The highest BCUT2D eigenvalue weighted by Gasteiger charge is 2.10. The molecule has 0 aliphatic heterocycles. The second-order valence-electron chi connectivity index (χ2n) is 3.86. The third-order valence-electron chi connectivity index (χ3n) is 2.59. The van der Waals surface area contributed by atoms with Crippen LogP contribution in [-0.2, 0) is 0 Å². The summed E-state index contributed by atoms with van der Waals surface area (Å²) in [5, 5.41) is 0. The molecule has 0 unspecified atom stereocenters. The monoisotopic (exact) mass is 258 g/mol. The minimum absolute atomic E-state index is 0. The lowest BCUT2D eigenvalue weighted by atomic mass is 10.0. The summed E-state index contributed by atoms with van der Waals surface area (Å²) in [5.74, 6) is 0.908. The molecule has 0 saturated heterocycles. The number of hydrogen-bond acceptors (Lipinski definition) is 3. The van der Waals surface area contributed by atoms with Crippen LogP contribution in [0.4, 0.5) is 0 Å². The first kappa shape index (κ1) is 16.2. The van der Waals surface area contributed by atoms with E-state index in [2.05, 4.69) is 0 Å². The Bertz CT molecular complexity index is 307. The van der Waals surface area contributed by atoms with Crippen LogP contribution in [0.2, 0.25) is 0 Å². The Balaban J connectivity index is 0.00000256. The van der Waals surface area contributed by atoms with E-state index < -0.39 is 0 Å². The lowest BCUT2D eigenvalue weighted by molar-refractivity contribution is 0.333. The fourth-order valence-electron chi connectivity index (χ4n) is 1.74. The highest BCUT2D eigenvalue weighted by atomic mass is 35.5. The topological polar surface area (TPSA) is 61.3 Å². The molecule has 0 aliphatic carbocycles. The molecule has 0 radical (unpaired) electrons. The Morgan fingerprint density at radius 1 is 1.24 bits per heavy atom. The molecular formula is C13H23ClN2O. The molecule has 0 amide bonds. The summed E-state index contributed by atoms with van der Waals surface area (Å²) >= 11 is 0. The molecule has 0 bridgehead atoms. The zero-order valence-corrected chi connectivity index (χ0v) is 11.2. The van der Waals surface area contributed by atoms with Gasteiger partial charge in [-0.1, -0.05) is 24.6 Å². The van der Waals surface area contributed by atoms with Gasteiger partial charge in [0.25, 0.3) is 0 Å². The Morgan fingerprint density at radius 3 is 2.59 bits per heavy atom. The quantitative estimate of drug-likeness (QED) is 0.739. The summed E-state index contributed by atoms with van der Waals surface area (Å²) in [7, 11) is 0. The van der Waals surface area contributed by atoms with E-state index in [0.29, 0.717) is 6.61 Å². The molecular weight excluding hydrogens is 236 g/mol. The van der Waals surface area contributed by atoms with E-state index in [9.17, 15) is 0 Å². The summed E-state index contributed by atoms with van der Waals surface area (Å²) in [6.07, 6.45) is 3.06. The lowest BCUT2D eigenvalue weighted by Gasteiger charge is -2.16. The van der Waals surface area contributed by atoms with Gasteiger partial charge in [0.1, 0.15) is 5.75 Å². The van der Waals surface area contributed by atoms with Crippen molar-refractivity contribution in [2.24, 2.45) is 11.5 Å². The number of para-hydroxylation sites is 1. The van der Waals surface area contributed by atoms with E-state index in [1.54, 1.807) is 0 Å². The van der Waals surface area contributed by atoms with Crippen molar-refractivity contribution in [1.82, 2.24) is 0 Å². The molecule has 4 heteroatoms. The van der Waals surface area contributed by atoms with Gasteiger partial charge in [0.2, 0.25) is 0 Å². The molecule has 4 N–H and O–H groups in total. The van der Waals surface area contributed by atoms with Gasteiger partial charge in [-0.15, -0.1) is 12.4 Å². The van der Waals surface area contributed by atoms with E-state index in [4.69, 9.17) is 16.2 Å². The smallest absolute Gasteiger partial charge is 0.124 e. The zero-order valence-electron chi connectivity index (χ0n) is 10.4. The maximum Gasteiger partial charge on any atom is 0.124 e. The zero-order chi connectivity index (χ0) is 11.8. The van der Waals surface area contributed by atoms with Crippen LogP contribution >= 0.6 is 12.4 Å². The summed E-state index contributed by atoms with van der Waals surface area (Å²) in [5.41, 5.74) is 12.7. The second-order valence-corrected chi connectivity index (χ2v) is 3.86. The maximum atomic E-state index is 6.15. The Kier molecular flexibility index (Phi) is 8.86. The van der Waals surface area contributed by atoms with E-state index >= 15 is 0 Å². The summed E-state index contributed by atoms with van der Waals surface area (Å²) in [6, 6.07) is 8.04. The molecule has 17 heavy (non-hydrogen) atoms. The summed E-state index contributed by atoms with van der Waals surface area (Å²) < 4.78 is 5.56. The highest BCUT2D eigenvalue weighted by molar-refractivity contribution is 5.85. The SMILES string of the molecule is CCOc1ccccc1[C@@H](N)CCCCN.Cl. The predicted octanol–water partition coefficient (Wildman–Crippen LogP) is 2.64. The van der Waals surface area contributed by atoms with Crippen LogP contribution in [0.25, 0.3) is 0 Å². The van der Waals surface area contributed by atoms with Gasteiger partial charge >= 0.3 is 0 Å². The number of nitrogens with two attached hydrogens (primary N) is 2. The van der Waals surface area contributed by atoms with Crippen molar-refractivity contribution in [3.8, 4) is 5.75 Å². The molecule has 1 aromatic carbocycles. The molecule has 0 aliphatic rings. The number of halogens is 1. The first-order chi connectivity index (χ1) is 7.79. The van der Waals surface area contributed by atoms with E-state index in [1.165, 1.54) is 0 Å². The van der Waals surface area contributed by atoms with Gasteiger partial charge in [0.05, 0.1) is 6.61 Å². The normalized spacial score (nSPS) is 11.7. The standard InChI is InChI=1S/C13H22N2O.ClH/c1-2-16-13-9-4-3-7-11(13)12(15)8-5-6-10-14;/h3-4,7,9,12H,2,5-6,8,10,14-15H2,1H3;1H/t12-;/m0./s1. The van der Waals surface area contributed by atoms with Crippen molar-refractivity contribution in [2.75, 3.05) is 13.2 Å². The van der Waals surface area contributed by atoms with Crippen LogP contribution in [0.1, 0.15) is 37.8 Å². The van der Waals surface area contributed by atoms with Gasteiger partial charge < -0.3 is 16.2 Å². The van der Waals surface area contributed by atoms with Gasteiger partial charge in [-0.25, -0.2) is 0 Å². The Hall–Kier alpha value is -0.770. The Labute approximate surface area is 110 Å². The van der Waals surface area contributed by atoms with Crippen molar-refractivity contribution in [1.29, 1.82) is 0 Å². The molecule has 1 atom stereocenters. The van der Waals surface area contributed by atoms with Crippen LogP contribution in [0.3, 0.4) is 0 Å². The van der Waals surface area contributed by atoms with Crippen LogP contribution in [0.5, 0.6) is 5.75 Å². The van der Waals surface area contributed by atoms with Crippen LogP contribution in [0.15, 0.2) is 24.3 Å². The summed E-state index contributed by atoms with van der Waals surface area (Å²) in [6.45, 7) is 3.39. The van der Waals surface area contributed by atoms with Crippen molar-refractivity contribution >= 4 is 12.4 Å². The van der Waals surface area contributed by atoms with Crippen LogP contribution in [-0.4, -0.2) is 13.2 Å². The van der Waals surface area contributed by atoms with Crippen molar-refractivity contribution in [3.05, 3.63) is 29.8 Å². The average Bonchev–Trinajstić information content (AvgIpc) is 2.30. The van der Waals surface area contributed by atoms with Crippen molar-refractivity contribution < 1.29 is 4.74 Å². The molecule has 3 nitrogen and oxygen atoms in total. The van der Waals surface area contributed by atoms with Gasteiger partial charge in [-0.2, -0.15) is 0 Å². The fraction of sp³-hybridized carbons (Fsp3) is 0.538. The lowest BCUT2D eigenvalue weighted by Crippen LogP contribution is -2.12. The third kappa shape index (κ3) is 5.39. The van der Waals surface area contributed by atoms with Crippen LogP contribution < -0.4 is 16.2 Å². The first-order valence-electron chi connectivity index (χ1n) is 5.97. The highest BCUT2D eigenvalue weighted by Crippen LogP contribution is 2.26. The molecule has 0 saturated carbocycles. The van der Waals surface area contributed by atoms with Crippen LogP contribution in [0, 0.1) is 0 Å². The molecule has 98 valence electrons. The largest absolute Gasteiger partial charge is 0.494 e. The van der Waals surface area contributed by atoms with Gasteiger partial charge in [0, 0.05) is 11.6 Å². The maximum absolute atomic E-state index is 6.15.